The lowest BCUT2D eigenvalue weighted by Gasteiger charge is -2.48. The topological polar surface area (TPSA) is 121 Å². The minimum absolute atomic E-state index is 0.00690. The molecule has 0 aliphatic carbocycles. The molecular formula is C36H35N3O7S. The highest BCUT2D eigenvalue weighted by atomic mass is 32.2. The van der Waals surface area contributed by atoms with Gasteiger partial charge in [0.25, 0.3) is 0 Å². The number of ether oxygens (including phenoxy) is 6. The average molecular weight is 654 g/mol. The van der Waals surface area contributed by atoms with Crippen LogP contribution in [0.15, 0.2) is 113 Å². The number of fused-ring (bicyclic) bond motifs is 1. The molecule has 6 rings (SSSR count). The Balaban J connectivity index is 1.36. The minimum Gasteiger partial charge on any atom is -0.497 e. The second kappa shape index (κ2) is 15.5. The van der Waals surface area contributed by atoms with Gasteiger partial charge in [-0.25, -0.2) is 4.79 Å². The number of thioether (sulfide) groups is 1. The van der Waals surface area contributed by atoms with E-state index in [1.807, 2.05) is 85.8 Å². The summed E-state index contributed by atoms with van der Waals surface area (Å²) in [4.78, 5) is 17.8. The first-order valence-electron chi connectivity index (χ1n) is 15.3. The van der Waals surface area contributed by atoms with Crippen LogP contribution in [0.3, 0.4) is 0 Å². The second-order valence-corrected chi connectivity index (χ2v) is 12.3. The highest BCUT2D eigenvalue weighted by Crippen LogP contribution is 2.42. The third-order valence-electron chi connectivity index (χ3n) is 8.08. The molecule has 0 bridgehead atoms. The number of rotatable bonds is 11. The summed E-state index contributed by atoms with van der Waals surface area (Å²) in [5.41, 5.74) is 11.9. The number of methoxy groups -OCH3 is 1. The van der Waals surface area contributed by atoms with E-state index in [4.69, 9.17) is 34.0 Å². The molecule has 0 spiro atoms. The predicted molar refractivity (Wildman–Crippen MR) is 176 cm³/mol. The van der Waals surface area contributed by atoms with E-state index in [2.05, 4.69) is 10.0 Å². The molecule has 0 N–H and O–H groups in total. The Kier molecular flexibility index (Phi) is 10.7. The van der Waals surface area contributed by atoms with Crippen molar-refractivity contribution in [2.24, 2.45) is 5.11 Å². The summed E-state index contributed by atoms with van der Waals surface area (Å²) >= 11 is 1.47. The van der Waals surface area contributed by atoms with Gasteiger partial charge in [-0.3, -0.25) is 0 Å². The molecule has 1 unspecified atom stereocenters. The lowest BCUT2D eigenvalue weighted by Crippen LogP contribution is -2.62. The largest absolute Gasteiger partial charge is 0.497 e. The Bertz CT molecular complexity index is 1700. The number of esters is 1. The van der Waals surface area contributed by atoms with Crippen LogP contribution in [-0.4, -0.2) is 49.5 Å². The van der Waals surface area contributed by atoms with E-state index < -0.39 is 42.1 Å². The minimum atomic E-state index is -0.890. The molecule has 47 heavy (non-hydrogen) atoms. The fourth-order valence-electron chi connectivity index (χ4n) is 5.62. The fourth-order valence-corrected chi connectivity index (χ4v) is 6.82. The Labute approximate surface area is 277 Å². The van der Waals surface area contributed by atoms with Crippen LogP contribution in [0.2, 0.25) is 0 Å². The Morgan fingerprint density at radius 1 is 0.936 bits per heavy atom. The van der Waals surface area contributed by atoms with Crippen LogP contribution in [0.4, 0.5) is 0 Å². The van der Waals surface area contributed by atoms with Crippen LogP contribution >= 0.6 is 11.8 Å². The van der Waals surface area contributed by atoms with Crippen LogP contribution in [0.5, 0.6) is 5.75 Å². The first-order valence-corrected chi connectivity index (χ1v) is 16.2. The second-order valence-electron chi connectivity index (χ2n) is 11.1. The molecule has 2 heterocycles. The van der Waals surface area contributed by atoms with Crippen molar-refractivity contribution in [3.63, 3.8) is 0 Å². The first kappa shape index (κ1) is 32.6. The van der Waals surface area contributed by atoms with Gasteiger partial charge in [0.05, 0.1) is 32.4 Å². The summed E-state index contributed by atoms with van der Waals surface area (Å²) in [7, 11) is 1.61. The number of carbonyl (C=O) groups excluding carboxylic acids is 1. The normalized spacial score (nSPS) is 23.6. The summed E-state index contributed by atoms with van der Waals surface area (Å²) < 4.78 is 37.8. The zero-order valence-electron chi connectivity index (χ0n) is 26.0. The van der Waals surface area contributed by atoms with Gasteiger partial charge >= 0.3 is 5.97 Å². The quantitative estimate of drug-likeness (QED) is 0.0704. The smallest absolute Gasteiger partial charge is 0.338 e. The van der Waals surface area contributed by atoms with Crippen LogP contribution in [0.25, 0.3) is 10.4 Å². The lowest BCUT2D eigenvalue weighted by atomic mass is 9.97. The van der Waals surface area contributed by atoms with Crippen molar-refractivity contribution in [1.82, 2.24) is 0 Å². The number of hydrogen-bond acceptors (Lipinski definition) is 9. The van der Waals surface area contributed by atoms with Gasteiger partial charge in [0.2, 0.25) is 0 Å². The number of nitrogens with zero attached hydrogens (tertiary/aromatic N) is 3. The molecule has 2 saturated heterocycles. The number of azide groups is 1. The number of benzene rings is 4. The van der Waals surface area contributed by atoms with Crippen molar-refractivity contribution >= 4 is 17.7 Å². The maximum Gasteiger partial charge on any atom is 0.338 e. The van der Waals surface area contributed by atoms with E-state index in [9.17, 15) is 4.79 Å². The molecule has 2 aliphatic rings. The maximum absolute atomic E-state index is 13.9. The van der Waals surface area contributed by atoms with Gasteiger partial charge in [-0.1, -0.05) is 95.7 Å². The molecule has 11 heteroatoms. The summed E-state index contributed by atoms with van der Waals surface area (Å²) in [6.45, 7) is 2.53. The molecule has 242 valence electrons. The monoisotopic (exact) mass is 653 g/mol. The molecule has 0 saturated carbocycles. The highest BCUT2D eigenvalue weighted by molar-refractivity contribution is 7.99. The molecule has 6 atom stereocenters. The summed E-state index contributed by atoms with van der Waals surface area (Å²) in [6, 6.07) is 32.2. The van der Waals surface area contributed by atoms with Crippen LogP contribution in [-0.2, 0) is 36.8 Å². The van der Waals surface area contributed by atoms with Crippen molar-refractivity contribution in [3.05, 3.63) is 141 Å². The van der Waals surface area contributed by atoms with E-state index >= 15 is 0 Å². The van der Waals surface area contributed by atoms with E-state index in [0.717, 1.165) is 27.3 Å². The molecular weight excluding hydrogens is 618 g/mol. The van der Waals surface area contributed by atoms with Crippen LogP contribution < -0.4 is 4.74 Å². The fraction of sp³-hybridized carbons (Fsp3) is 0.306. The number of carbonyl (C=O) groups is 1. The molecule has 4 aromatic carbocycles. The molecule has 0 amide bonds. The molecule has 2 fully saturated rings. The highest BCUT2D eigenvalue weighted by Gasteiger charge is 2.53. The predicted octanol–water partition coefficient (Wildman–Crippen LogP) is 7.56. The zero-order valence-corrected chi connectivity index (χ0v) is 26.8. The van der Waals surface area contributed by atoms with Gasteiger partial charge in [0.1, 0.15) is 29.5 Å². The van der Waals surface area contributed by atoms with Crippen molar-refractivity contribution in [1.29, 1.82) is 0 Å². The van der Waals surface area contributed by atoms with Gasteiger partial charge in [-0.15, -0.1) is 0 Å². The first-order chi connectivity index (χ1) is 23.0. The Morgan fingerprint density at radius 3 is 2.45 bits per heavy atom. The lowest BCUT2D eigenvalue weighted by molar-refractivity contribution is -0.324. The van der Waals surface area contributed by atoms with Gasteiger partial charge in [0.15, 0.2) is 12.4 Å². The van der Waals surface area contributed by atoms with Gasteiger partial charge < -0.3 is 28.4 Å². The molecule has 4 aromatic rings. The SMILES string of the molecule is COc1ccc(C2OC[C@H]3O[C@@H](Sc4ccccc4C)[C@H](OC(=O)c4ccccc4CN=[N+]=[N-])[C@@H](OCc4ccccc4)[C@@H]3O2)cc1. The number of hydrogen-bond donors (Lipinski definition) is 0. The van der Waals surface area contributed by atoms with Gasteiger partial charge in [-0.2, -0.15) is 0 Å². The van der Waals surface area contributed by atoms with E-state index in [-0.39, 0.29) is 19.8 Å². The zero-order chi connectivity index (χ0) is 32.6. The summed E-state index contributed by atoms with van der Waals surface area (Å²) in [5, 5.41) is 3.67. The maximum atomic E-state index is 13.9. The molecule has 0 aromatic heterocycles. The summed E-state index contributed by atoms with van der Waals surface area (Å²) in [5.74, 6) is 0.138. The summed E-state index contributed by atoms with van der Waals surface area (Å²) in [6.07, 6.45) is -3.45. The third kappa shape index (κ3) is 7.80. The Morgan fingerprint density at radius 2 is 1.68 bits per heavy atom. The number of aryl methyl sites for hydroxylation is 1. The molecule has 10 nitrogen and oxygen atoms in total. The van der Waals surface area contributed by atoms with Gasteiger partial charge in [-0.05, 0) is 53.4 Å². The van der Waals surface area contributed by atoms with Gasteiger partial charge in [0, 0.05) is 15.4 Å². The average Bonchev–Trinajstić information content (AvgIpc) is 3.11. The van der Waals surface area contributed by atoms with Crippen molar-refractivity contribution < 1.29 is 33.2 Å². The van der Waals surface area contributed by atoms with E-state index in [0.29, 0.717) is 11.1 Å². The van der Waals surface area contributed by atoms with Crippen molar-refractivity contribution in [2.75, 3.05) is 13.7 Å². The third-order valence-corrected chi connectivity index (χ3v) is 9.40. The standard InChI is InChI=1S/C36H35N3O7S/c1-23-10-6-9-15-30(23)47-36-33(45-34(40)28-14-8-7-13-26(28)20-38-39-37)32(42-21-24-11-4-3-5-12-24)31-29(44-36)22-43-35(46-31)25-16-18-27(41-2)19-17-25/h3-19,29,31-33,35-36H,20-22H2,1-2H3/t29-,31-,32+,33-,35?,36+/m1/s1. The van der Waals surface area contributed by atoms with Crippen molar-refractivity contribution in [3.8, 4) is 5.75 Å². The molecule has 0 radical (unpaired) electrons. The van der Waals surface area contributed by atoms with Crippen molar-refractivity contribution in [2.45, 2.75) is 61.1 Å². The van der Waals surface area contributed by atoms with E-state index in [1.165, 1.54) is 11.8 Å². The van der Waals surface area contributed by atoms with Crippen LogP contribution in [0.1, 0.15) is 38.9 Å². The van der Waals surface area contributed by atoms with E-state index in [1.54, 1.807) is 31.4 Å². The Hall–Kier alpha value is -4.35. The molecule has 2 aliphatic heterocycles. The van der Waals surface area contributed by atoms with Crippen LogP contribution in [0, 0.1) is 6.92 Å².